The normalized spacial score (nSPS) is 5.76. The molecule has 0 saturated heterocycles. The van der Waals surface area contributed by atoms with Crippen LogP contribution in [0.1, 0.15) is 0 Å². The predicted molar refractivity (Wildman–Crippen MR) is 82.6 cm³/mol. The summed E-state index contributed by atoms with van der Waals surface area (Å²) in [6.45, 7) is 0. The minimum Gasteiger partial charge on any atom is -0.352 e. The molecular formula is C6H24CrN12O6. The molecule has 0 bridgehead atoms. The van der Waals surface area contributed by atoms with Gasteiger partial charge >= 0.3 is 36.2 Å². The SMILES string of the molecule is NC(N)=O.NC(N)=O.NC(N)=O.NC(N)=O.NC(N)=O.NC(N)=O.[Cr]. The van der Waals surface area contributed by atoms with Gasteiger partial charge in [-0.25, -0.2) is 28.8 Å². The molecule has 0 aromatic rings. The monoisotopic (exact) mass is 412 g/mol. The van der Waals surface area contributed by atoms with Gasteiger partial charge in [-0.05, 0) is 0 Å². The van der Waals surface area contributed by atoms with Crippen molar-refractivity contribution >= 4 is 36.2 Å². The molecule has 0 fully saturated rings. The summed E-state index contributed by atoms with van der Waals surface area (Å²) in [7, 11) is 0. The molecule has 150 valence electrons. The van der Waals surface area contributed by atoms with Crippen molar-refractivity contribution in [1.82, 2.24) is 0 Å². The van der Waals surface area contributed by atoms with Crippen LogP contribution in [-0.4, -0.2) is 36.2 Å². The van der Waals surface area contributed by atoms with Gasteiger partial charge in [0.15, 0.2) is 0 Å². The summed E-state index contributed by atoms with van der Waals surface area (Å²) in [5.74, 6) is 0. The van der Waals surface area contributed by atoms with E-state index in [1.807, 2.05) is 0 Å². The third-order valence-corrected chi connectivity index (χ3v) is 0. The van der Waals surface area contributed by atoms with E-state index in [0.29, 0.717) is 0 Å². The molecule has 0 radical (unpaired) electrons. The molecule has 12 amide bonds. The van der Waals surface area contributed by atoms with E-state index in [-0.39, 0.29) is 17.4 Å². The Morgan fingerprint density at radius 3 is 0.280 bits per heavy atom. The third kappa shape index (κ3) is 449. The van der Waals surface area contributed by atoms with Crippen LogP contribution >= 0.6 is 0 Å². The number of hydrogen-bond acceptors (Lipinski definition) is 6. The van der Waals surface area contributed by atoms with Crippen molar-refractivity contribution in [3.63, 3.8) is 0 Å². The Bertz CT molecular complexity index is 273. The van der Waals surface area contributed by atoms with E-state index < -0.39 is 36.2 Å². The van der Waals surface area contributed by atoms with Gasteiger partial charge in [0, 0.05) is 17.4 Å². The van der Waals surface area contributed by atoms with Crippen molar-refractivity contribution in [3.05, 3.63) is 0 Å². The maximum absolute atomic E-state index is 9.00. The summed E-state index contributed by atoms with van der Waals surface area (Å²) in [4.78, 5) is 54.0. The van der Waals surface area contributed by atoms with Crippen LogP contribution in [0, 0.1) is 0 Å². The van der Waals surface area contributed by atoms with Crippen molar-refractivity contribution in [2.24, 2.45) is 68.8 Å². The van der Waals surface area contributed by atoms with Gasteiger partial charge in [0.05, 0.1) is 0 Å². The molecule has 0 rings (SSSR count). The molecule has 18 nitrogen and oxygen atoms in total. The molecule has 0 aliphatic heterocycles. The summed E-state index contributed by atoms with van der Waals surface area (Å²) < 4.78 is 0. The Morgan fingerprint density at radius 1 is 0.280 bits per heavy atom. The van der Waals surface area contributed by atoms with Crippen LogP contribution in [0.5, 0.6) is 0 Å². The molecule has 0 spiro atoms. The largest absolute Gasteiger partial charge is 0.352 e. The predicted octanol–water partition coefficient (Wildman–Crippen LogP) is -5.86. The van der Waals surface area contributed by atoms with E-state index in [1.54, 1.807) is 0 Å². The number of carbonyl (C=O) groups is 6. The van der Waals surface area contributed by atoms with Crippen molar-refractivity contribution in [2.75, 3.05) is 0 Å². The number of primary amides is 12. The van der Waals surface area contributed by atoms with Gasteiger partial charge in [0.1, 0.15) is 0 Å². The topological polar surface area (TPSA) is 415 Å². The minimum atomic E-state index is -0.833. The van der Waals surface area contributed by atoms with E-state index in [0.717, 1.165) is 0 Å². The zero-order valence-electron chi connectivity index (χ0n) is 12.8. The van der Waals surface area contributed by atoms with Crippen LogP contribution in [-0.2, 0) is 17.4 Å². The van der Waals surface area contributed by atoms with Crippen molar-refractivity contribution in [2.45, 2.75) is 0 Å². The van der Waals surface area contributed by atoms with Crippen molar-refractivity contribution < 1.29 is 46.1 Å². The van der Waals surface area contributed by atoms with E-state index in [2.05, 4.69) is 68.8 Å². The first-order chi connectivity index (χ1) is 10.4. The average molecular weight is 412 g/mol. The fourth-order valence-corrected chi connectivity index (χ4v) is 0. The summed E-state index contributed by atoms with van der Waals surface area (Å²) in [5, 5.41) is 0. The fourth-order valence-electron chi connectivity index (χ4n) is 0. The molecule has 0 heterocycles. The second-order valence-electron chi connectivity index (χ2n) is 2.41. The second kappa shape index (κ2) is 36.9. The summed E-state index contributed by atoms with van der Waals surface area (Å²) in [6.07, 6.45) is 0. The zero-order chi connectivity index (χ0) is 21.5. The van der Waals surface area contributed by atoms with Crippen LogP contribution in [0.3, 0.4) is 0 Å². The maximum atomic E-state index is 9.00. The molecule has 19 heteroatoms. The van der Waals surface area contributed by atoms with Crippen molar-refractivity contribution in [1.29, 1.82) is 0 Å². The average Bonchev–Trinajstić information content (AvgIpc) is 2.08. The molecule has 0 atom stereocenters. The molecule has 0 aliphatic carbocycles. The van der Waals surface area contributed by atoms with Gasteiger partial charge in [-0.15, -0.1) is 0 Å². The van der Waals surface area contributed by atoms with E-state index in [1.165, 1.54) is 0 Å². The summed E-state index contributed by atoms with van der Waals surface area (Å²) >= 11 is 0. The zero-order valence-corrected chi connectivity index (χ0v) is 14.1. The molecule has 24 N–H and O–H groups in total. The maximum Gasteiger partial charge on any atom is 0.309 e. The fraction of sp³-hybridized carbons (Fsp3) is 0. The van der Waals surface area contributed by atoms with Crippen LogP contribution < -0.4 is 68.8 Å². The van der Waals surface area contributed by atoms with Crippen LogP contribution in [0.25, 0.3) is 0 Å². The Balaban J connectivity index is -0.0000000309. The first-order valence-corrected chi connectivity index (χ1v) is 4.69. The second-order valence-corrected chi connectivity index (χ2v) is 2.41. The van der Waals surface area contributed by atoms with Gasteiger partial charge in [0.2, 0.25) is 0 Å². The van der Waals surface area contributed by atoms with Crippen molar-refractivity contribution in [3.8, 4) is 0 Å². The van der Waals surface area contributed by atoms with Gasteiger partial charge < -0.3 is 68.8 Å². The standard InChI is InChI=1S/6CH4N2O.Cr/c6*2-1(3)4;/h6*(H4,2,3,4);. The Hall–Kier alpha value is -3.85. The number of urea groups is 6. The molecule has 0 unspecified atom stereocenters. The third-order valence-electron chi connectivity index (χ3n) is 0. The van der Waals surface area contributed by atoms with E-state index >= 15 is 0 Å². The number of amides is 12. The smallest absolute Gasteiger partial charge is 0.309 e. The molecule has 0 aliphatic rings. The number of rotatable bonds is 0. The van der Waals surface area contributed by atoms with Gasteiger partial charge in [0.25, 0.3) is 0 Å². The molecule has 0 aromatic carbocycles. The summed E-state index contributed by atoms with van der Waals surface area (Å²) in [6, 6.07) is -5.00. The Morgan fingerprint density at radius 2 is 0.280 bits per heavy atom. The van der Waals surface area contributed by atoms with Crippen LogP contribution in [0.2, 0.25) is 0 Å². The minimum absolute atomic E-state index is 0. The quantitative estimate of drug-likeness (QED) is 0.183. The number of nitrogens with two attached hydrogens (primary N) is 12. The first-order valence-electron chi connectivity index (χ1n) is 4.69. The number of carbonyl (C=O) groups excluding carboxylic acids is 6. The van der Waals surface area contributed by atoms with Crippen LogP contribution in [0.4, 0.5) is 28.8 Å². The van der Waals surface area contributed by atoms with E-state index in [9.17, 15) is 0 Å². The van der Waals surface area contributed by atoms with Gasteiger partial charge in [-0.2, -0.15) is 0 Å². The molecule has 0 saturated carbocycles. The first kappa shape index (κ1) is 42.9. The van der Waals surface area contributed by atoms with Gasteiger partial charge in [-0.3, -0.25) is 0 Å². The Labute approximate surface area is 152 Å². The molecule has 25 heavy (non-hydrogen) atoms. The molecule has 0 aromatic heterocycles. The van der Waals surface area contributed by atoms with Gasteiger partial charge in [-0.1, -0.05) is 0 Å². The molecular weight excluding hydrogens is 388 g/mol. The Kier molecular flexibility index (Phi) is 63.3. The number of hydrogen-bond donors (Lipinski definition) is 12. The summed E-state index contributed by atoms with van der Waals surface area (Å²) in [5.41, 5.74) is 51.0. The van der Waals surface area contributed by atoms with Crippen LogP contribution in [0.15, 0.2) is 0 Å². The van der Waals surface area contributed by atoms with E-state index in [4.69, 9.17) is 28.8 Å².